The molecule has 19 heavy (non-hydrogen) atoms. The van der Waals surface area contributed by atoms with Gasteiger partial charge in [0.1, 0.15) is 5.52 Å². The molecular formula is C12H14N4O2S. The van der Waals surface area contributed by atoms with Gasteiger partial charge in [0.25, 0.3) is 5.22 Å². The van der Waals surface area contributed by atoms with E-state index in [1.54, 1.807) is 17.0 Å². The Hall–Kier alpha value is -1.89. The molecule has 0 atom stereocenters. The SMILES string of the molecule is Nc1ccc2oc(SCCN3CCNC3=O)nc2c1. The molecule has 3 N–H and O–H groups in total. The molecule has 100 valence electrons. The number of fused-ring (bicyclic) bond motifs is 1. The quantitative estimate of drug-likeness (QED) is 0.654. The van der Waals surface area contributed by atoms with Crippen molar-refractivity contribution in [3.63, 3.8) is 0 Å². The molecule has 1 aliphatic heterocycles. The molecule has 2 amide bonds. The van der Waals surface area contributed by atoms with Gasteiger partial charge < -0.3 is 20.4 Å². The standard InChI is InChI=1S/C12H14N4O2S/c13-8-1-2-10-9(7-8)15-12(18-10)19-6-5-16-4-3-14-11(16)17/h1-2,7H,3-6,13H2,(H,14,17). The first-order valence-corrected chi connectivity index (χ1v) is 7.02. The van der Waals surface area contributed by atoms with Crippen molar-refractivity contribution in [1.82, 2.24) is 15.2 Å². The predicted molar refractivity (Wildman–Crippen MR) is 74.1 cm³/mol. The number of carbonyl (C=O) groups is 1. The number of hydrogen-bond donors (Lipinski definition) is 2. The summed E-state index contributed by atoms with van der Waals surface area (Å²) in [6.45, 7) is 2.19. The van der Waals surface area contributed by atoms with Crippen molar-refractivity contribution in [1.29, 1.82) is 0 Å². The van der Waals surface area contributed by atoms with Crippen molar-refractivity contribution in [3.05, 3.63) is 18.2 Å². The van der Waals surface area contributed by atoms with Crippen LogP contribution in [0.15, 0.2) is 27.8 Å². The number of rotatable bonds is 4. The van der Waals surface area contributed by atoms with Gasteiger partial charge in [0.2, 0.25) is 0 Å². The first-order chi connectivity index (χ1) is 9.22. The van der Waals surface area contributed by atoms with Crippen LogP contribution in [-0.2, 0) is 0 Å². The smallest absolute Gasteiger partial charge is 0.317 e. The Labute approximate surface area is 114 Å². The van der Waals surface area contributed by atoms with E-state index in [1.165, 1.54) is 11.8 Å². The number of nitrogens with zero attached hydrogens (tertiary/aromatic N) is 2. The average molecular weight is 278 g/mol. The monoisotopic (exact) mass is 278 g/mol. The van der Waals surface area contributed by atoms with E-state index in [0.717, 1.165) is 29.9 Å². The molecule has 1 fully saturated rings. The van der Waals surface area contributed by atoms with Gasteiger partial charge in [0, 0.05) is 31.1 Å². The number of benzene rings is 1. The summed E-state index contributed by atoms with van der Waals surface area (Å²) in [4.78, 5) is 17.5. The van der Waals surface area contributed by atoms with Gasteiger partial charge in [-0.15, -0.1) is 0 Å². The molecule has 0 spiro atoms. The molecule has 1 aromatic heterocycles. The number of nitrogen functional groups attached to an aromatic ring is 1. The summed E-state index contributed by atoms with van der Waals surface area (Å²) in [6, 6.07) is 5.40. The normalized spacial score (nSPS) is 15.2. The van der Waals surface area contributed by atoms with Crippen LogP contribution in [0.1, 0.15) is 0 Å². The van der Waals surface area contributed by atoms with Gasteiger partial charge in [-0.3, -0.25) is 0 Å². The van der Waals surface area contributed by atoms with E-state index in [2.05, 4.69) is 10.3 Å². The number of aromatic nitrogens is 1. The second-order valence-corrected chi connectivity index (χ2v) is 5.32. The first-order valence-electron chi connectivity index (χ1n) is 6.04. The minimum atomic E-state index is 0.00550. The lowest BCUT2D eigenvalue weighted by Gasteiger charge is -2.12. The van der Waals surface area contributed by atoms with Gasteiger partial charge in [0.05, 0.1) is 0 Å². The van der Waals surface area contributed by atoms with Gasteiger partial charge in [-0.25, -0.2) is 9.78 Å². The molecule has 1 aliphatic rings. The second kappa shape index (κ2) is 5.00. The van der Waals surface area contributed by atoms with Gasteiger partial charge in [0.15, 0.2) is 5.58 Å². The third kappa shape index (κ3) is 2.60. The van der Waals surface area contributed by atoms with Crippen LogP contribution in [0.25, 0.3) is 11.1 Å². The highest BCUT2D eigenvalue weighted by molar-refractivity contribution is 7.99. The summed E-state index contributed by atoms with van der Waals surface area (Å²) in [5.41, 5.74) is 7.86. The summed E-state index contributed by atoms with van der Waals surface area (Å²) in [7, 11) is 0. The third-order valence-corrected chi connectivity index (χ3v) is 3.73. The average Bonchev–Trinajstić information content (AvgIpc) is 2.95. The molecule has 1 aromatic carbocycles. The Morgan fingerprint density at radius 1 is 1.53 bits per heavy atom. The van der Waals surface area contributed by atoms with Gasteiger partial charge >= 0.3 is 6.03 Å². The van der Waals surface area contributed by atoms with E-state index in [1.807, 2.05) is 6.07 Å². The lowest BCUT2D eigenvalue weighted by Crippen LogP contribution is -2.30. The summed E-state index contributed by atoms with van der Waals surface area (Å²) >= 11 is 1.50. The van der Waals surface area contributed by atoms with E-state index in [4.69, 9.17) is 10.2 Å². The zero-order valence-electron chi connectivity index (χ0n) is 10.3. The molecule has 0 saturated carbocycles. The van der Waals surface area contributed by atoms with Crippen LogP contribution in [0, 0.1) is 0 Å². The minimum Gasteiger partial charge on any atom is -0.431 e. The van der Waals surface area contributed by atoms with Crippen molar-refractivity contribution in [3.8, 4) is 0 Å². The molecule has 0 bridgehead atoms. The lowest BCUT2D eigenvalue weighted by molar-refractivity contribution is 0.220. The first kappa shape index (κ1) is 12.2. The zero-order chi connectivity index (χ0) is 13.2. The van der Waals surface area contributed by atoms with Crippen LogP contribution in [0.4, 0.5) is 10.5 Å². The Bertz CT molecular complexity index is 613. The number of nitrogens with two attached hydrogens (primary N) is 1. The number of hydrogen-bond acceptors (Lipinski definition) is 5. The lowest BCUT2D eigenvalue weighted by atomic mass is 10.3. The molecule has 0 aliphatic carbocycles. The molecule has 2 aromatic rings. The van der Waals surface area contributed by atoms with Crippen molar-refractivity contribution in [2.75, 3.05) is 31.1 Å². The van der Waals surface area contributed by atoms with Crippen LogP contribution in [0.3, 0.4) is 0 Å². The molecule has 1 saturated heterocycles. The molecule has 2 heterocycles. The third-order valence-electron chi connectivity index (χ3n) is 2.92. The molecule has 7 heteroatoms. The van der Waals surface area contributed by atoms with E-state index < -0.39 is 0 Å². The Kier molecular flexibility index (Phi) is 3.20. The molecule has 6 nitrogen and oxygen atoms in total. The second-order valence-electron chi connectivity index (χ2n) is 4.27. The van der Waals surface area contributed by atoms with Gasteiger partial charge in [-0.05, 0) is 18.2 Å². The van der Waals surface area contributed by atoms with Crippen molar-refractivity contribution in [2.24, 2.45) is 0 Å². The Morgan fingerprint density at radius 3 is 3.21 bits per heavy atom. The molecular weight excluding hydrogens is 264 g/mol. The molecule has 0 radical (unpaired) electrons. The van der Waals surface area contributed by atoms with Crippen LogP contribution < -0.4 is 11.1 Å². The fourth-order valence-electron chi connectivity index (χ4n) is 1.95. The number of nitrogens with one attached hydrogen (secondary N) is 1. The predicted octanol–water partition coefficient (Wildman–Crippen LogP) is 1.53. The van der Waals surface area contributed by atoms with E-state index in [9.17, 15) is 4.79 Å². The van der Waals surface area contributed by atoms with Gasteiger partial charge in [-0.1, -0.05) is 11.8 Å². The van der Waals surface area contributed by atoms with Gasteiger partial charge in [-0.2, -0.15) is 0 Å². The van der Waals surface area contributed by atoms with Crippen molar-refractivity contribution >= 4 is 34.6 Å². The largest absolute Gasteiger partial charge is 0.431 e. The van der Waals surface area contributed by atoms with E-state index >= 15 is 0 Å². The number of amides is 2. The maximum Gasteiger partial charge on any atom is 0.317 e. The highest BCUT2D eigenvalue weighted by Gasteiger charge is 2.18. The fourth-order valence-corrected chi connectivity index (χ4v) is 2.75. The maximum absolute atomic E-state index is 11.3. The maximum atomic E-state index is 11.3. The topological polar surface area (TPSA) is 84.4 Å². The summed E-state index contributed by atoms with van der Waals surface area (Å²) in [5, 5.41) is 3.38. The van der Waals surface area contributed by atoms with Crippen LogP contribution in [-0.4, -0.2) is 41.3 Å². The number of anilines is 1. The molecule has 0 unspecified atom stereocenters. The zero-order valence-corrected chi connectivity index (χ0v) is 11.1. The Balaban J connectivity index is 1.60. The summed E-state index contributed by atoms with van der Waals surface area (Å²) in [5.74, 6) is 0.760. The highest BCUT2D eigenvalue weighted by atomic mass is 32.2. The summed E-state index contributed by atoms with van der Waals surface area (Å²) < 4.78 is 5.59. The van der Waals surface area contributed by atoms with Crippen molar-refractivity contribution in [2.45, 2.75) is 5.22 Å². The van der Waals surface area contributed by atoms with E-state index in [0.29, 0.717) is 17.5 Å². The van der Waals surface area contributed by atoms with Crippen LogP contribution in [0.5, 0.6) is 0 Å². The fraction of sp³-hybridized carbons (Fsp3) is 0.333. The number of carbonyl (C=O) groups excluding carboxylic acids is 1. The molecule has 3 rings (SSSR count). The summed E-state index contributed by atoms with van der Waals surface area (Å²) in [6.07, 6.45) is 0. The van der Waals surface area contributed by atoms with Crippen LogP contribution >= 0.6 is 11.8 Å². The van der Waals surface area contributed by atoms with Crippen LogP contribution in [0.2, 0.25) is 0 Å². The number of urea groups is 1. The Morgan fingerprint density at radius 2 is 2.42 bits per heavy atom. The highest BCUT2D eigenvalue weighted by Crippen LogP contribution is 2.24. The van der Waals surface area contributed by atoms with Crippen molar-refractivity contribution < 1.29 is 9.21 Å². The van der Waals surface area contributed by atoms with E-state index in [-0.39, 0.29) is 6.03 Å². The number of oxazole rings is 1. The number of thioether (sulfide) groups is 1. The minimum absolute atomic E-state index is 0.00550.